The number of hydrogen-bond donors (Lipinski definition) is 1. The first kappa shape index (κ1) is 22.7. The zero-order valence-electron chi connectivity index (χ0n) is 18.6. The molecule has 0 radical (unpaired) electrons. The standard InChI is InChI=1S/C23H26F2N6O2.H2/c1-3-33-22(32)14-29-4-6-30(7-5-29)20-9-16(2)8-19(13-20)27-23-26-15-31(28-23)21-11-17(24)10-18(25)12-21;/h8-13,15H,3-7,14H2,1-2H3,(H,27,28);1H. The highest BCUT2D eigenvalue weighted by atomic mass is 19.1. The molecule has 1 saturated heterocycles. The first-order chi connectivity index (χ1) is 15.9. The lowest BCUT2D eigenvalue weighted by Crippen LogP contribution is -2.48. The number of nitrogens with zero attached hydrogens (tertiary/aromatic N) is 5. The molecule has 8 nitrogen and oxygen atoms in total. The van der Waals surface area contributed by atoms with Gasteiger partial charge in [0.05, 0.1) is 18.8 Å². The average molecular weight is 459 g/mol. The van der Waals surface area contributed by atoms with Gasteiger partial charge >= 0.3 is 5.97 Å². The van der Waals surface area contributed by atoms with Crippen LogP contribution in [-0.4, -0.2) is 65.0 Å². The third kappa shape index (κ3) is 5.83. The number of halogens is 2. The summed E-state index contributed by atoms with van der Waals surface area (Å²) < 4.78 is 33.4. The molecule has 2 heterocycles. The number of piperazine rings is 1. The van der Waals surface area contributed by atoms with Crippen LogP contribution in [0.4, 0.5) is 26.1 Å². The van der Waals surface area contributed by atoms with E-state index < -0.39 is 11.6 Å². The minimum atomic E-state index is -0.680. The third-order valence-corrected chi connectivity index (χ3v) is 5.32. The average Bonchev–Trinajstić information content (AvgIpc) is 3.22. The predicted octanol–water partition coefficient (Wildman–Crippen LogP) is 3.53. The molecule has 1 N–H and O–H groups in total. The van der Waals surface area contributed by atoms with Gasteiger partial charge in [0.15, 0.2) is 0 Å². The summed E-state index contributed by atoms with van der Waals surface area (Å²) >= 11 is 0. The van der Waals surface area contributed by atoms with Gasteiger partial charge in [-0.05, 0) is 49.7 Å². The Morgan fingerprint density at radius 2 is 1.79 bits per heavy atom. The number of nitrogens with one attached hydrogen (secondary N) is 1. The molecular weight excluding hydrogens is 430 g/mol. The van der Waals surface area contributed by atoms with Crippen molar-refractivity contribution >= 4 is 23.3 Å². The number of aryl methyl sites for hydroxylation is 1. The molecule has 1 aliphatic heterocycles. The molecule has 0 unspecified atom stereocenters. The first-order valence-electron chi connectivity index (χ1n) is 10.8. The minimum absolute atomic E-state index is 0. The SMILES string of the molecule is CCOC(=O)CN1CCN(c2cc(C)cc(Nc3ncn(-c4cc(F)cc(F)c4)n3)c2)CC1.[HH]. The monoisotopic (exact) mass is 458 g/mol. The van der Waals surface area contributed by atoms with Crippen LogP contribution in [0.25, 0.3) is 5.69 Å². The number of hydrogen-bond acceptors (Lipinski definition) is 7. The largest absolute Gasteiger partial charge is 0.465 e. The Hall–Kier alpha value is -3.53. The summed E-state index contributed by atoms with van der Waals surface area (Å²) in [7, 11) is 0. The third-order valence-electron chi connectivity index (χ3n) is 5.32. The lowest BCUT2D eigenvalue weighted by molar-refractivity contribution is -0.144. The van der Waals surface area contributed by atoms with Crippen molar-refractivity contribution in [1.29, 1.82) is 0 Å². The second-order valence-corrected chi connectivity index (χ2v) is 7.89. The van der Waals surface area contributed by atoms with Crippen LogP contribution in [0.2, 0.25) is 0 Å². The highest BCUT2D eigenvalue weighted by Crippen LogP contribution is 2.25. The number of esters is 1. The van der Waals surface area contributed by atoms with Crippen molar-refractivity contribution in [3.05, 3.63) is 59.9 Å². The molecule has 0 amide bonds. The maximum Gasteiger partial charge on any atom is 0.320 e. The maximum absolute atomic E-state index is 13.5. The lowest BCUT2D eigenvalue weighted by Gasteiger charge is -2.35. The lowest BCUT2D eigenvalue weighted by atomic mass is 10.1. The minimum Gasteiger partial charge on any atom is -0.465 e. The Bertz CT molecular complexity index is 1110. The molecule has 1 aromatic heterocycles. The molecule has 0 aliphatic carbocycles. The quantitative estimate of drug-likeness (QED) is 0.543. The van der Waals surface area contributed by atoms with Crippen LogP contribution in [-0.2, 0) is 9.53 Å². The smallest absolute Gasteiger partial charge is 0.320 e. The summed E-state index contributed by atoms with van der Waals surface area (Å²) in [6, 6.07) is 9.28. The van der Waals surface area contributed by atoms with E-state index in [1.807, 2.05) is 19.1 Å². The Labute approximate surface area is 192 Å². The van der Waals surface area contributed by atoms with Crippen molar-refractivity contribution in [2.45, 2.75) is 13.8 Å². The molecule has 1 fully saturated rings. The number of rotatable bonds is 7. The highest BCUT2D eigenvalue weighted by Gasteiger charge is 2.20. The second-order valence-electron chi connectivity index (χ2n) is 7.89. The number of aromatic nitrogens is 3. The summed E-state index contributed by atoms with van der Waals surface area (Å²) in [5, 5.41) is 7.44. The van der Waals surface area contributed by atoms with Crippen LogP contribution in [0.5, 0.6) is 0 Å². The molecule has 0 bridgehead atoms. The van der Waals surface area contributed by atoms with Crippen LogP contribution < -0.4 is 10.2 Å². The summed E-state index contributed by atoms with van der Waals surface area (Å²) in [5.41, 5.74) is 3.18. The summed E-state index contributed by atoms with van der Waals surface area (Å²) in [4.78, 5) is 20.3. The van der Waals surface area contributed by atoms with Gasteiger partial charge in [-0.15, -0.1) is 5.10 Å². The van der Waals surface area contributed by atoms with Crippen LogP contribution in [0.1, 0.15) is 13.9 Å². The molecule has 3 aromatic rings. The molecule has 0 saturated carbocycles. The van der Waals surface area contributed by atoms with Crippen molar-refractivity contribution < 1.29 is 19.7 Å². The van der Waals surface area contributed by atoms with E-state index in [9.17, 15) is 13.6 Å². The normalized spacial score (nSPS) is 14.4. The van der Waals surface area contributed by atoms with E-state index in [0.29, 0.717) is 19.1 Å². The number of benzene rings is 2. The maximum atomic E-state index is 13.5. The van der Waals surface area contributed by atoms with E-state index in [-0.39, 0.29) is 13.1 Å². The van der Waals surface area contributed by atoms with Gasteiger partial charge in [-0.2, -0.15) is 4.98 Å². The molecule has 1 aliphatic rings. The van der Waals surface area contributed by atoms with E-state index in [0.717, 1.165) is 49.2 Å². The zero-order valence-corrected chi connectivity index (χ0v) is 18.6. The molecule has 176 valence electrons. The Kier molecular flexibility index (Phi) is 6.83. The fraction of sp³-hybridized carbons (Fsp3) is 0.348. The fourth-order valence-corrected chi connectivity index (χ4v) is 3.82. The van der Waals surface area contributed by atoms with Gasteiger partial charge < -0.3 is 15.0 Å². The topological polar surface area (TPSA) is 75.5 Å². The molecule has 2 aromatic carbocycles. The van der Waals surface area contributed by atoms with E-state index in [4.69, 9.17) is 4.74 Å². The van der Waals surface area contributed by atoms with Crippen molar-refractivity contribution in [3.8, 4) is 5.69 Å². The van der Waals surface area contributed by atoms with Gasteiger partial charge in [0.1, 0.15) is 18.0 Å². The van der Waals surface area contributed by atoms with Crippen LogP contribution in [0.15, 0.2) is 42.7 Å². The van der Waals surface area contributed by atoms with Crippen molar-refractivity contribution in [1.82, 2.24) is 19.7 Å². The summed E-state index contributed by atoms with van der Waals surface area (Å²) in [5.74, 6) is -1.24. The van der Waals surface area contributed by atoms with Crippen molar-refractivity contribution in [2.75, 3.05) is 49.5 Å². The van der Waals surface area contributed by atoms with Crippen LogP contribution in [0, 0.1) is 18.6 Å². The molecular formula is C23H28F2N6O2. The molecule has 0 atom stereocenters. The van der Waals surface area contributed by atoms with Gasteiger partial charge in [-0.1, -0.05) is 0 Å². The number of carbonyl (C=O) groups is 1. The first-order valence-corrected chi connectivity index (χ1v) is 10.8. The molecule has 0 spiro atoms. The Morgan fingerprint density at radius 1 is 1.06 bits per heavy atom. The Morgan fingerprint density at radius 3 is 2.48 bits per heavy atom. The van der Waals surface area contributed by atoms with Crippen molar-refractivity contribution in [3.63, 3.8) is 0 Å². The number of anilines is 3. The van der Waals surface area contributed by atoms with E-state index in [2.05, 4.69) is 31.3 Å². The molecule has 10 heteroatoms. The van der Waals surface area contributed by atoms with Crippen LogP contribution >= 0.6 is 0 Å². The summed E-state index contributed by atoms with van der Waals surface area (Å²) in [6.45, 7) is 7.64. The highest BCUT2D eigenvalue weighted by molar-refractivity contribution is 5.71. The number of ether oxygens (including phenoxy) is 1. The second kappa shape index (κ2) is 9.95. The molecule has 4 rings (SSSR count). The van der Waals surface area contributed by atoms with Gasteiger partial charge in [0.25, 0.3) is 0 Å². The van der Waals surface area contributed by atoms with E-state index in [1.165, 1.54) is 23.1 Å². The van der Waals surface area contributed by atoms with Gasteiger partial charge in [0, 0.05) is 45.0 Å². The van der Waals surface area contributed by atoms with Crippen molar-refractivity contribution in [2.24, 2.45) is 0 Å². The fourth-order valence-electron chi connectivity index (χ4n) is 3.82. The van der Waals surface area contributed by atoms with Gasteiger partial charge in [-0.3, -0.25) is 9.69 Å². The zero-order chi connectivity index (χ0) is 23.4. The van der Waals surface area contributed by atoms with Crippen LogP contribution in [0.3, 0.4) is 0 Å². The van der Waals surface area contributed by atoms with E-state index >= 15 is 0 Å². The molecule has 33 heavy (non-hydrogen) atoms. The van der Waals surface area contributed by atoms with E-state index in [1.54, 1.807) is 6.92 Å². The van der Waals surface area contributed by atoms with Gasteiger partial charge in [0.2, 0.25) is 5.95 Å². The summed E-state index contributed by atoms with van der Waals surface area (Å²) in [6.07, 6.45) is 1.40. The van der Waals surface area contributed by atoms with Gasteiger partial charge in [-0.25, -0.2) is 13.5 Å². The predicted molar refractivity (Wildman–Crippen MR) is 123 cm³/mol. The number of carbonyl (C=O) groups excluding carboxylic acids is 1. The Balaban J connectivity index is 0.00000324.